The second-order valence-electron chi connectivity index (χ2n) is 6.25. The Morgan fingerprint density at radius 3 is 2.24 bits per heavy atom. The minimum Gasteiger partial charge on any atom is -0.310 e. The molecule has 1 fully saturated rings. The molecule has 1 saturated heterocycles. The van der Waals surface area contributed by atoms with Crippen LogP contribution in [0.3, 0.4) is 0 Å². The van der Waals surface area contributed by atoms with E-state index in [1.165, 1.54) is 27.1 Å². The van der Waals surface area contributed by atoms with Crippen molar-refractivity contribution in [1.82, 2.24) is 8.87 Å². The molecule has 2 aromatic rings. The van der Waals surface area contributed by atoms with Crippen LogP contribution in [0.15, 0.2) is 52.3 Å². The highest BCUT2D eigenvalue weighted by atomic mass is 32.2. The van der Waals surface area contributed by atoms with Crippen LogP contribution in [-0.2, 0) is 16.6 Å². The van der Waals surface area contributed by atoms with Gasteiger partial charge >= 0.3 is 0 Å². The summed E-state index contributed by atoms with van der Waals surface area (Å²) in [5.41, 5.74) is 0.184. The van der Waals surface area contributed by atoms with Gasteiger partial charge in [-0.1, -0.05) is 25.0 Å². The van der Waals surface area contributed by atoms with Crippen molar-refractivity contribution in [2.45, 2.75) is 37.1 Å². The van der Waals surface area contributed by atoms with Gasteiger partial charge in [0.2, 0.25) is 10.0 Å². The monoisotopic (exact) mass is 364 g/mol. The van der Waals surface area contributed by atoms with Gasteiger partial charge in [0.15, 0.2) is 0 Å². The van der Waals surface area contributed by atoms with Crippen LogP contribution in [0.25, 0.3) is 0 Å². The summed E-state index contributed by atoms with van der Waals surface area (Å²) < 4.78 is 41.5. The third kappa shape index (κ3) is 3.99. The molecule has 0 bridgehead atoms. The molecule has 5 nitrogen and oxygen atoms in total. The molecule has 0 aliphatic carbocycles. The standard InChI is InChI=1S/C18H21FN2O3S/c19-16-9-7-15(8-10-16)14-20-11-5-6-17(18(20)22)25(23,24)21-12-3-1-2-4-13-21/h5-11H,1-4,12-14H2. The maximum atomic E-state index is 13.0. The van der Waals surface area contributed by atoms with Gasteiger partial charge in [-0.2, -0.15) is 4.31 Å². The first-order chi connectivity index (χ1) is 12.0. The highest BCUT2D eigenvalue weighted by Gasteiger charge is 2.28. The number of hydrogen-bond acceptors (Lipinski definition) is 3. The summed E-state index contributed by atoms with van der Waals surface area (Å²) in [7, 11) is -3.80. The minimum atomic E-state index is -3.80. The summed E-state index contributed by atoms with van der Waals surface area (Å²) >= 11 is 0. The lowest BCUT2D eigenvalue weighted by molar-refractivity contribution is 0.422. The molecule has 1 aliphatic heterocycles. The van der Waals surface area contributed by atoms with E-state index in [2.05, 4.69) is 0 Å². The molecular weight excluding hydrogens is 343 g/mol. The summed E-state index contributed by atoms with van der Waals surface area (Å²) in [6.45, 7) is 1.10. The summed E-state index contributed by atoms with van der Waals surface area (Å²) in [6.07, 6.45) is 5.20. The van der Waals surface area contributed by atoms with Crippen molar-refractivity contribution in [2.24, 2.45) is 0 Å². The first kappa shape index (κ1) is 17.8. The zero-order chi connectivity index (χ0) is 17.9. The molecule has 1 aliphatic rings. The molecule has 0 saturated carbocycles. The van der Waals surface area contributed by atoms with Gasteiger partial charge in [-0.3, -0.25) is 4.79 Å². The van der Waals surface area contributed by atoms with Gasteiger partial charge in [0.05, 0.1) is 6.54 Å². The van der Waals surface area contributed by atoms with Crippen LogP contribution in [0.5, 0.6) is 0 Å². The number of nitrogens with zero attached hydrogens (tertiary/aromatic N) is 2. The smallest absolute Gasteiger partial charge is 0.271 e. The number of hydrogen-bond donors (Lipinski definition) is 0. The number of benzene rings is 1. The molecular formula is C18H21FN2O3S. The molecule has 0 atom stereocenters. The third-order valence-corrected chi connectivity index (χ3v) is 6.35. The minimum absolute atomic E-state index is 0.195. The number of halogens is 1. The fraction of sp³-hybridized carbons (Fsp3) is 0.389. The first-order valence-corrected chi connectivity index (χ1v) is 9.86. The Balaban J connectivity index is 1.92. The van der Waals surface area contributed by atoms with Crippen LogP contribution < -0.4 is 5.56 Å². The highest BCUT2D eigenvalue weighted by molar-refractivity contribution is 7.89. The van der Waals surface area contributed by atoms with Crippen molar-refractivity contribution in [3.8, 4) is 0 Å². The van der Waals surface area contributed by atoms with Crippen LogP contribution in [0.1, 0.15) is 31.2 Å². The third-order valence-electron chi connectivity index (χ3n) is 4.43. The average molecular weight is 364 g/mol. The fourth-order valence-electron chi connectivity index (χ4n) is 3.04. The zero-order valence-corrected chi connectivity index (χ0v) is 14.7. The van der Waals surface area contributed by atoms with Crippen molar-refractivity contribution in [2.75, 3.05) is 13.1 Å². The molecule has 0 amide bonds. The quantitative estimate of drug-likeness (QED) is 0.838. The normalized spacial score (nSPS) is 16.5. The Kier molecular flexibility index (Phi) is 5.34. The maximum absolute atomic E-state index is 13.0. The Morgan fingerprint density at radius 1 is 0.960 bits per heavy atom. The van der Waals surface area contributed by atoms with Gasteiger partial charge in [-0.15, -0.1) is 0 Å². The molecule has 134 valence electrons. The van der Waals surface area contributed by atoms with Crippen molar-refractivity contribution in [3.05, 3.63) is 64.3 Å². The van der Waals surface area contributed by atoms with Crippen LogP contribution in [-0.4, -0.2) is 30.4 Å². The maximum Gasteiger partial charge on any atom is 0.271 e. The Bertz CT molecular complexity index is 883. The lowest BCUT2D eigenvalue weighted by Crippen LogP contribution is -2.36. The van der Waals surface area contributed by atoms with Gasteiger partial charge in [0.1, 0.15) is 10.7 Å². The van der Waals surface area contributed by atoms with E-state index in [1.807, 2.05) is 0 Å². The van der Waals surface area contributed by atoms with Gasteiger partial charge < -0.3 is 4.57 Å². The van der Waals surface area contributed by atoms with E-state index in [0.29, 0.717) is 13.1 Å². The summed E-state index contributed by atoms with van der Waals surface area (Å²) in [4.78, 5) is 12.5. The van der Waals surface area contributed by atoms with Crippen LogP contribution in [0.4, 0.5) is 4.39 Å². The van der Waals surface area contributed by atoms with E-state index in [4.69, 9.17) is 0 Å². The number of sulfonamides is 1. The summed E-state index contributed by atoms with van der Waals surface area (Å²) in [6, 6.07) is 8.73. The Labute approximate surface area is 146 Å². The second-order valence-corrected chi connectivity index (χ2v) is 8.16. The predicted octanol–water partition coefficient (Wildman–Crippen LogP) is 2.60. The van der Waals surface area contributed by atoms with Gasteiger partial charge in [-0.05, 0) is 42.7 Å². The van der Waals surface area contributed by atoms with Crippen molar-refractivity contribution < 1.29 is 12.8 Å². The molecule has 0 N–H and O–H groups in total. The predicted molar refractivity (Wildman–Crippen MR) is 93.4 cm³/mol. The highest BCUT2D eigenvalue weighted by Crippen LogP contribution is 2.18. The first-order valence-electron chi connectivity index (χ1n) is 8.42. The van der Waals surface area contributed by atoms with Crippen molar-refractivity contribution in [3.63, 3.8) is 0 Å². The fourth-order valence-corrected chi connectivity index (χ4v) is 4.65. The van der Waals surface area contributed by atoms with Gasteiger partial charge in [0.25, 0.3) is 5.56 Å². The molecule has 7 heteroatoms. The molecule has 1 aromatic carbocycles. The molecule has 3 rings (SSSR count). The molecule has 25 heavy (non-hydrogen) atoms. The topological polar surface area (TPSA) is 59.4 Å². The number of pyridine rings is 1. The Hall–Kier alpha value is -1.99. The summed E-state index contributed by atoms with van der Waals surface area (Å²) in [5.74, 6) is -0.353. The Morgan fingerprint density at radius 2 is 1.60 bits per heavy atom. The van der Waals surface area contributed by atoms with Gasteiger partial charge in [0, 0.05) is 19.3 Å². The zero-order valence-electron chi connectivity index (χ0n) is 13.9. The number of rotatable bonds is 4. The molecule has 0 radical (unpaired) electrons. The molecule has 0 spiro atoms. The average Bonchev–Trinajstić information content (AvgIpc) is 2.88. The lowest BCUT2D eigenvalue weighted by atomic mass is 10.2. The summed E-state index contributed by atoms with van der Waals surface area (Å²) in [5, 5.41) is 0. The van der Waals surface area contributed by atoms with E-state index in [-0.39, 0.29) is 17.3 Å². The molecule has 2 heterocycles. The van der Waals surface area contributed by atoms with Crippen LogP contribution in [0, 0.1) is 5.82 Å². The van der Waals surface area contributed by atoms with E-state index in [1.54, 1.807) is 24.4 Å². The van der Waals surface area contributed by atoms with Gasteiger partial charge in [-0.25, -0.2) is 12.8 Å². The molecule has 0 unspecified atom stereocenters. The second kappa shape index (κ2) is 7.49. The lowest BCUT2D eigenvalue weighted by Gasteiger charge is -2.20. The van der Waals surface area contributed by atoms with E-state index < -0.39 is 15.6 Å². The van der Waals surface area contributed by atoms with E-state index in [0.717, 1.165) is 31.2 Å². The van der Waals surface area contributed by atoms with Crippen LogP contribution in [0.2, 0.25) is 0 Å². The van der Waals surface area contributed by atoms with Crippen LogP contribution >= 0.6 is 0 Å². The van der Waals surface area contributed by atoms with E-state index >= 15 is 0 Å². The number of aromatic nitrogens is 1. The van der Waals surface area contributed by atoms with E-state index in [9.17, 15) is 17.6 Å². The van der Waals surface area contributed by atoms with Crippen molar-refractivity contribution >= 4 is 10.0 Å². The SMILES string of the molecule is O=c1c(S(=O)(=O)N2CCCCCC2)cccn1Cc1ccc(F)cc1. The molecule has 1 aromatic heterocycles. The van der Waals surface area contributed by atoms with Crippen molar-refractivity contribution in [1.29, 1.82) is 0 Å². The largest absolute Gasteiger partial charge is 0.310 e.